The molecule has 1 aromatic carbocycles. The fraction of sp³-hybridized carbons (Fsp3) is 0.538. The molecular formula is C13H19F2NO. The van der Waals surface area contributed by atoms with E-state index in [4.69, 9.17) is 4.74 Å². The van der Waals surface area contributed by atoms with Crippen LogP contribution in [0.25, 0.3) is 0 Å². The summed E-state index contributed by atoms with van der Waals surface area (Å²) in [7, 11) is 1.56. The van der Waals surface area contributed by atoms with Crippen molar-refractivity contribution >= 4 is 0 Å². The maximum Gasteiger partial charge on any atom is 0.128 e. The average molecular weight is 243 g/mol. The molecule has 0 spiro atoms. The molecule has 0 aliphatic heterocycles. The number of nitrogens with one attached hydrogen (secondary N) is 1. The first kappa shape index (κ1) is 14.1. The SMILES string of the molecule is CCNC(c1cc(F)ccc1F)C(C)(C)OC. The van der Waals surface area contributed by atoms with E-state index >= 15 is 0 Å². The van der Waals surface area contributed by atoms with Crippen molar-refractivity contribution in [2.75, 3.05) is 13.7 Å². The Balaban J connectivity index is 3.17. The summed E-state index contributed by atoms with van der Waals surface area (Å²) in [6.45, 7) is 6.23. The number of likely N-dealkylation sites (N-methyl/N-ethyl adjacent to an activating group) is 1. The zero-order valence-corrected chi connectivity index (χ0v) is 10.7. The summed E-state index contributed by atoms with van der Waals surface area (Å²) in [6.07, 6.45) is 0. The molecule has 0 bridgehead atoms. The number of methoxy groups -OCH3 is 1. The van der Waals surface area contributed by atoms with Crippen molar-refractivity contribution in [2.45, 2.75) is 32.4 Å². The van der Waals surface area contributed by atoms with Crippen molar-refractivity contribution in [3.63, 3.8) is 0 Å². The highest BCUT2D eigenvalue weighted by Crippen LogP contribution is 2.30. The molecule has 0 aromatic heterocycles. The van der Waals surface area contributed by atoms with Crippen LogP contribution in [-0.2, 0) is 4.74 Å². The third-order valence-electron chi connectivity index (χ3n) is 2.90. The molecule has 1 rings (SSSR count). The number of halogens is 2. The zero-order valence-electron chi connectivity index (χ0n) is 10.7. The minimum atomic E-state index is -0.620. The first-order valence-corrected chi connectivity index (χ1v) is 5.66. The maximum atomic E-state index is 13.7. The van der Waals surface area contributed by atoms with E-state index in [2.05, 4.69) is 5.32 Å². The molecule has 0 amide bonds. The predicted octanol–water partition coefficient (Wildman–Crippen LogP) is 3.04. The van der Waals surface area contributed by atoms with Crippen LogP contribution in [0.3, 0.4) is 0 Å². The summed E-state index contributed by atoms with van der Waals surface area (Å²) in [6, 6.07) is 3.07. The maximum absolute atomic E-state index is 13.7. The lowest BCUT2D eigenvalue weighted by atomic mass is 9.91. The number of hydrogen-bond donors (Lipinski definition) is 1. The van der Waals surface area contributed by atoms with Crippen LogP contribution in [-0.4, -0.2) is 19.3 Å². The molecule has 0 aliphatic carbocycles. The van der Waals surface area contributed by atoms with Crippen molar-refractivity contribution < 1.29 is 13.5 Å². The van der Waals surface area contributed by atoms with Gasteiger partial charge in [-0.1, -0.05) is 6.92 Å². The molecule has 0 radical (unpaired) electrons. The lowest BCUT2D eigenvalue weighted by Crippen LogP contribution is -2.41. The Labute approximate surface area is 101 Å². The molecule has 1 atom stereocenters. The van der Waals surface area contributed by atoms with Gasteiger partial charge in [0.25, 0.3) is 0 Å². The lowest BCUT2D eigenvalue weighted by Gasteiger charge is -2.34. The molecular weight excluding hydrogens is 224 g/mol. The minimum absolute atomic E-state index is 0.290. The van der Waals surface area contributed by atoms with Gasteiger partial charge in [-0.2, -0.15) is 0 Å². The quantitative estimate of drug-likeness (QED) is 0.858. The van der Waals surface area contributed by atoms with Gasteiger partial charge in [-0.3, -0.25) is 0 Å². The van der Waals surface area contributed by atoms with E-state index < -0.39 is 23.3 Å². The van der Waals surface area contributed by atoms with Crippen LogP contribution >= 0.6 is 0 Å². The van der Waals surface area contributed by atoms with Gasteiger partial charge in [0, 0.05) is 12.7 Å². The molecule has 1 aromatic rings. The molecule has 0 heterocycles. The van der Waals surface area contributed by atoms with Crippen LogP contribution in [0, 0.1) is 11.6 Å². The zero-order chi connectivity index (χ0) is 13.1. The summed E-state index contributed by atoms with van der Waals surface area (Å²) < 4.78 is 32.3. The van der Waals surface area contributed by atoms with Crippen molar-refractivity contribution in [2.24, 2.45) is 0 Å². The van der Waals surface area contributed by atoms with Gasteiger partial charge in [0.1, 0.15) is 11.6 Å². The fourth-order valence-corrected chi connectivity index (χ4v) is 1.79. The second kappa shape index (κ2) is 5.56. The van der Waals surface area contributed by atoms with Crippen LogP contribution in [0.2, 0.25) is 0 Å². The Bertz CT molecular complexity index is 380. The van der Waals surface area contributed by atoms with Crippen molar-refractivity contribution in [3.05, 3.63) is 35.4 Å². The normalized spacial score (nSPS) is 13.8. The number of benzene rings is 1. The molecule has 96 valence electrons. The molecule has 0 aliphatic rings. The fourth-order valence-electron chi connectivity index (χ4n) is 1.79. The molecule has 0 fully saturated rings. The van der Waals surface area contributed by atoms with Crippen LogP contribution < -0.4 is 5.32 Å². The first-order valence-electron chi connectivity index (χ1n) is 5.66. The Morgan fingerprint density at radius 3 is 2.53 bits per heavy atom. The Morgan fingerprint density at radius 1 is 1.35 bits per heavy atom. The molecule has 4 heteroatoms. The number of ether oxygens (including phenoxy) is 1. The van der Waals surface area contributed by atoms with Crippen LogP contribution in [0.5, 0.6) is 0 Å². The van der Waals surface area contributed by atoms with Gasteiger partial charge in [-0.05, 0) is 38.6 Å². The Hall–Kier alpha value is -1.00. The standard InChI is InChI=1S/C13H19F2NO/c1-5-16-12(13(2,3)17-4)10-8-9(14)6-7-11(10)15/h6-8,12,16H,5H2,1-4H3. The van der Waals surface area contributed by atoms with E-state index in [1.54, 1.807) is 7.11 Å². The van der Waals surface area contributed by atoms with Crippen LogP contribution in [0.15, 0.2) is 18.2 Å². The number of hydrogen-bond acceptors (Lipinski definition) is 2. The Morgan fingerprint density at radius 2 is 2.00 bits per heavy atom. The van der Waals surface area contributed by atoms with Gasteiger partial charge >= 0.3 is 0 Å². The van der Waals surface area contributed by atoms with E-state index in [0.717, 1.165) is 12.1 Å². The summed E-state index contributed by atoms with van der Waals surface area (Å²) in [5.74, 6) is -0.876. The third-order valence-corrected chi connectivity index (χ3v) is 2.90. The summed E-state index contributed by atoms with van der Waals surface area (Å²) in [4.78, 5) is 0. The van der Waals surface area contributed by atoms with E-state index in [1.165, 1.54) is 6.07 Å². The molecule has 0 saturated carbocycles. The molecule has 1 unspecified atom stereocenters. The summed E-state index contributed by atoms with van der Waals surface area (Å²) in [5, 5.41) is 3.13. The van der Waals surface area contributed by atoms with E-state index in [1.807, 2.05) is 20.8 Å². The van der Waals surface area contributed by atoms with E-state index in [9.17, 15) is 8.78 Å². The number of rotatable bonds is 5. The van der Waals surface area contributed by atoms with Gasteiger partial charge < -0.3 is 10.1 Å². The summed E-state index contributed by atoms with van der Waals surface area (Å²) >= 11 is 0. The smallest absolute Gasteiger partial charge is 0.128 e. The van der Waals surface area contributed by atoms with E-state index in [-0.39, 0.29) is 0 Å². The molecule has 17 heavy (non-hydrogen) atoms. The lowest BCUT2D eigenvalue weighted by molar-refractivity contribution is -0.0117. The Kier molecular flexibility index (Phi) is 4.60. The van der Waals surface area contributed by atoms with Crippen molar-refractivity contribution in [3.8, 4) is 0 Å². The summed E-state index contributed by atoms with van der Waals surface area (Å²) in [5.41, 5.74) is -0.330. The van der Waals surface area contributed by atoms with Crippen molar-refractivity contribution in [1.29, 1.82) is 0 Å². The van der Waals surface area contributed by atoms with Gasteiger partial charge in [-0.15, -0.1) is 0 Å². The van der Waals surface area contributed by atoms with Crippen molar-refractivity contribution in [1.82, 2.24) is 5.32 Å². The third kappa shape index (κ3) is 3.23. The van der Waals surface area contributed by atoms with Gasteiger partial charge in [-0.25, -0.2) is 8.78 Å². The predicted molar refractivity (Wildman–Crippen MR) is 63.9 cm³/mol. The van der Waals surface area contributed by atoms with Gasteiger partial charge in [0.2, 0.25) is 0 Å². The van der Waals surface area contributed by atoms with Gasteiger partial charge in [0.15, 0.2) is 0 Å². The van der Waals surface area contributed by atoms with Gasteiger partial charge in [0.05, 0.1) is 11.6 Å². The molecule has 2 nitrogen and oxygen atoms in total. The highest BCUT2D eigenvalue weighted by Gasteiger charge is 2.32. The van der Waals surface area contributed by atoms with E-state index in [0.29, 0.717) is 12.1 Å². The molecule has 1 N–H and O–H groups in total. The average Bonchev–Trinajstić information content (AvgIpc) is 2.29. The van der Waals surface area contributed by atoms with Crippen LogP contribution in [0.4, 0.5) is 8.78 Å². The minimum Gasteiger partial charge on any atom is -0.377 e. The highest BCUT2D eigenvalue weighted by molar-refractivity contribution is 5.24. The topological polar surface area (TPSA) is 21.3 Å². The highest BCUT2D eigenvalue weighted by atomic mass is 19.1. The second-order valence-corrected chi connectivity index (χ2v) is 4.46. The first-order chi connectivity index (χ1) is 7.92. The molecule has 0 saturated heterocycles. The monoisotopic (exact) mass is 243 g/mol. The van der Waals surface area contributed by atoms with Crippen LogP contribution in [0.1, 0.15) is 32.4 Å². The second-order valence-electron chi connectivity index (χ2n) is 4.46. The largest absolute Gasteiger partial charge is 0.377 e.